The van der Waals surface area contributed by atoms with Gasteiger partial charge in [-0.25, -0.2) is 4.79 Å². The minimum Gasteiger partial charge on any atom is -0.444 e. The van der Waals surface area contributed by atoms with Crippen LogP contribution in [-0.2, 0) is 9.47 Å². The monoisotopic (exact) mass is 216 g/mol. The molecule has 0 spiro atoms. The van der Waals surface area contributed by atoms with Gasteiger partial charge >= 0.3 is 6.09 Å². The Morgan fingerprint density at radius 3 is 2.93 bits per heavy atom. The Morgan fingerprint density at radius 2 is 2.27 bits per heavy atom. The summed E-state index contributed by atoms with van der Waals surface area (Å²) in [6.07, 6.45) is -0.389. The van der Waals surface area contributed by atoms with Crippen LogP contribution in [0.2, 0.25) is 0 Å². The molecule has 0 bridgehead atoms. The number of carbonyl (C=O) groups is 1. The fourth-order valence-electron chi connectivity index (χ4n) is 1.27. The second-order valence-electron chi connectivity index (χ2n) is 4.62. The summed E-state index contributed by atoms with van der Waals surface area (Å²) >= 11 is 0. The Bertz CT molecular complexity index is 205. The van der Waals surface area contributed by atoms with Crippen LogP contribution in [0, 0.1) is 0 Å². The molecule has 1 atom stereocenters. The van der Waals surface area contributed by atoms with Crippen LogP contribution in [0.4, 0.5) is 4.79 Å². The molecule has 0 aromatic rings. The quantitative estimate of drug-likeness (QED) is 0.670. The minimum absolute atomic E-state index is 0.0117. The molecule has 2 N–H and O–H groups in total. The third kappa shape index (κ3) is 5.59. The van der Waals surface area contributed by atoms with E-state index in [0.29, 0.717) is 13.2 Å². The highest BCUT2D eigenvalue weighted by Crippen LogP contribution is 2.06. The third-order valence-electron chi connectivity index (χ3n) is 1.85. The van der Waals surface area contributed by atoms with Crippen molar-refractivity contribution in [2.45, 2.75) is 32.4 Å². The summed E-state index contributed by atoms with van der Waals surface area (Å²) in [5, 5.41) is 5.94. The number of ether oxygens (including phenoxy) is 2. The summed E-state index contributed by atoms with van der Waals surface area (Å²) in [5.74, 6) is 0. The summed E-state index contributed by atoms with van der Waals surface area (Å²) in [7, 11) is 0. The van der Waals surface area contributed by atoms with E-state index >= 15 is 0 Å². The summed E-state index contributed by atoms with van der Waals surface area (Å²) in [6, 6.07) is -0.0117. The van der Waals surface area contributed by atoms with Crippen LogP contribution in [0.1, 0.15) is 20.8 Å². The Hall–Kier alpha value is -0.810. The molecule has 1 unspecified atom stereocenters. The zero-order chi connectivity index (χ0) is 11.3. The first-order valence-electron chi connectivity index (χ1n) is 5.25. The minimum atomic E-state index is -0.455. The van der Waals surface area contributed by atoms with Gasteiger partial charge in [-0.15, -0.1) is 0 Å². The molecule has 1 saturated heterocycles. The average molecular weight is 216 g/mol. The standard InChI is InChI=1S/C10H20N2O3/c1-10(2,3)15-9(13)12-8-6-11-4-5-14-7-8/h8,11H,4-7H2,1-3H3,(H,12,13). The van der Waals surface area contributed by atoms with Crippen molar-refractivity contribution >= 4 is 6.09 Å². The second kappa shape index (κ2) is 5.32. The van der Waals surface area contributed by atoms with Gasteiger partial charge < -0.3 is 20.1 Å². The molecule has 0 aromatic heterocycles. The van der Waals surface area contributed by atoms with Gasteiger partial charge in [0.1, 0.15) is 5.60 Å². The molecule has 1 aliphatic rings. The third-order valence-corrected chi connectivity index (χ3v) is 1.85. The Morgan fingerprint density at radius 1 is 1.53 bits per heavy atom. The normalized spacial score (nSPS) is 23.0. The molecule has 88 valence electrons. The molecule has 0 saturated carbocycles. The maximum absolute atomic E-state index is 11.4. The lowest BCUT2D eigenvalue weighted by Gasteiger charge is -2.22. The molecular formula is C10H20N2O3. The first-order valence-corrected chi connectivity index (χ1v) is 5.25. The van der Waals surface area contributed by atoms with Crippen LogP contribution in [0.3, 0.4) is 0 Å². The van der Waals surface area contributed by atoms with Crippen molar-refractivity contribution in [3.05, 3.63) is 0 Å². The van der Waals surface area contributed by atoms with E-state index in [-0.39, 0.29) is 12.1 Å². The van der Waals surface area contributed by atoms with E-state index < -0.39 is 5.60 Å². The number of carbonyl (C=O) groups excluding carboxylic acids is 1. The Balaban J connectivity index is 2.30. The highest BCUT2D eigenvalue weighted by Gasteiger charge is 2.20. The Kier molecular flexibility index (Phi) is 4.35. The average Bonchev–Trinajstić information content (AvgIpc) is 2.28. The van der Waals surface area contributed by atoms with Crippen molar-refractivity contribution in [1.82, 2.24) is 10.6 Å². The lowest BCUT2D eigenvalue weighted by Crippen LogP contribution is -2.45. The molecule has 1 amide bonds. The number of hydrogen-bond acceptors (Lipinski definition) is 4. The van der Waals surface area contributed by atoms with E-state index in [1.807, 2.05) is 20.8 Å². The fourth-order valence-corrected chi connectivity index (χ4v) is 1.27. The Labute approximate surface area is 90.5 Å². The smallest absolute Gasteiger partial charge is 0.407 e. The molecular weight excluding hydrogens is 196 g/mol. The maximum atomic E-state index is 11.4. The van der Waals surface area contributed by atoms with Gasteiger partial charge in [0, 0.05) is 13.1 Å². The molecule has 0 radical (unpaired) electrons. The van der Waals surface area contributed by atoms with Gasteiger partial charge in [0.25, 0.3) is 0 Å². The lowest BCUT2D eigenvalue weighted by molar-refractivity contribution is 0.0466. The van der Waals surface area contributed by atoms with Crippen molar-refractivity contribution in [3.8, 4) is 0 Å². The largest absolute Gasteiger partial charge is 0.444 e. The first kappa shape index (κ1) is 12.3. The van der Waals surface area contributed by atoms with E-state index in [2.05, 4.69) is 10.6 Å². The molecule has 0 aliphatic carbocycles. The highest BCUT2D eigenvalue weighted by molar-refractivity contribution is 5.68. The van der Waals surface area contributed by atoms with Gasteiger partial charge in [-0.2, -0.15) is 0 Å². The van der Waals surface area contributed by atoms with Crippen LogP contribution in [0.5, 0.6) is 0 Å². The van der Waals surface area contributed by atoms with Crippen molar-refractivity contribution < 1.29 is 14.3 Å². The van der Waals surface area contributed by atoms with E-state index in [4.69, 9.17) is 9.47 Å². The van der Waals surface area contributed by atoms with Crippen molar-refractivity contribution in [1.29, 1.82) is 0 Å². The lowest BCUT2D eigenvalue weighted by atomic mass is 10.2. The van der Waals surface area contributed by atoms with Gasteiger partial charge in [0.05, 0.1) is 19.3 Å². The predicted molar refractivity (Wildman–Crippen MR) is 56.8 cm³/mol. The van der Waals surface area contributed by atoms with Gasteiger partial charge in [-0.3, -0.25) is 0 Å². The van der Waals surface area contributed by atoms with Crippen molar-refractivity contribution in [3.63, 3.8) is 0 Å². The van der Waals surface area contributed by atoms with Gasteiger partial charge in [-0.05, 0) is 20.8 Å². The summed E-state index contributed by atoms with van der Waals surface area (Å²) in [5.41, 5.74) is -0.455. The van der Waals surface area contributed by atoms with Gasteiger partial charge in [0.15, 0.2) is 0 Å². The van der Waals surface area contributed by atoms with Crippen LogP contribution in [0.25, 0.3) is 0 Å². The molecule has 5 nitrogen and oxygen atoms in total. The molecule has 0 aromatic carbocycles. The molecule has 1 aliphatic heterocycles. The summed E-state index contributed by atoms with van der Waals surface area (Å²) in [4.78, 5) is 11.4. The van der Waals surface area contributed by atoms with Gasteiger partial charge in [-0.1, -0.05) is 0 Å². The van der Waals surface area contributed by atoms with Crippen molar-refractivity contribution in [2.24, 2.45) is 0 Å². The summed E-state index contributed by atoms with van der Waals surface area (Å²) < 4.78 is 10.5. The summed E-state index contributed by atoms with van der Waals surface area (Å²) in [6.45, 7) is 8.29. The number of alkyl carbamates (subject to hydrolysis) is 1. The first-order chi connectivity index (χ1) is 6.97. The zero-order valence-electron chi connectivity index (χ0n) is 9.63. The predicted octanol–water partition coefficient (Wildman–Crippen LogP) is 0.500. The molecule has 1 fully saturated rings. The number of hydrogen-bond donors (Lipinski definition) is 2. The second-order valence-corrected chi connectivity index (χ2v) is 4.62. The molecule has 1 rings (SSSR count). The van der Waals surface area contributed by atoms with Crippen LogP contribution >= 0.6 is 0 Å². The molecule has 1 heterocycles. The van der Waals surface area contributed by atoms with Crippen LogP contribution in [0.15, 0.2) is 0 Å². The van der Waals surface area contributed by atoms with Gasteiger partial charge in [0.2, 0.25) is 0 Å². The zero-order valence-corrected chi connectivity index (χ0v) is 9.63. The molecule has 5 heteroatoms. The van der Waals surface area contributed by atoms with E-state index in [9.17, 15) is 4.79 Å². The number of amides is 1. The van der Waals surface area contributed by atoms with Crippen LogP contribution in [-0.4, -0.2) is 44.0 Å². The maximum Gasteiger partial charge on any atom is 0.407 e. The fraction of sp³-hybridized carbons (Fsp3) is 0.900. The van der Waals surface area contributed by atoms with Crippen LogP contribution < -0.4 is 10.6 Å². The topological polar surface area (TPSA) is 59.6 Å². The van der Waals surface area contributed by atoms with E-state index in [1.165, 1.54) is 0 Å². The van der Waals surface area contributed by atoms with E-state index in [0.717, 1.165) is 13.1 Å². The van der Waals surface area contributed by atoms with Crippen molar-refractivity contribution in [2.75, 3.05) is 26.3 Å². The molecule has 15 heavy (non-hydrogen) atoms. The SMILES string of the molecule is CC(C)(C)OC(=O)NC1CNCCOC1. The van der Waals surface area contributed by atoms with E-state index in [1.54, 1.807) is 0 Å². The number of nitrogens with one attached hydrogen (secondary N) is 2. The number of rotatable bonds is 1. The highest BCUT2D eigenvalue weighted by atomic mass is 16.6.